The van der Waals surface area contributed by atoms with E-state index >= 15 is 0 Å². The third kappa shape index (κ3) is 2.13. The Labute approximate surface area is 40.6 Å². The van der Waals surface area contributed by atoms with Crippen LogP contribution in [0.5, 0.6) is 0 Å². The Morgan fingerprint density at radius 2 is 2.29 bits per heavy atom. The van der Waals surface area contributed by atoms with Crippen molar-refractivity contribution >= 4 is 5.97 Å². The van der Waals surface area contributed by atoms with Crippen LogP contribution in [-0.2, 0) is 4.79 Å². The van der Waals surface area contributed by atoms with Crippen molar-refractivity contribution in [1.29, 1.82) is 0 Å². The van der Waals surface area contributed by atoms with Crippen LogP contribution in [0.25, 0.3) is 0 Å². The highest BCUT2D eigenvalue weighted by molar-refractivity contribution is 5.72. The Hall–Kier alpha value is -0.610. The predicted octanol–water partition coefficient (Wildman–Crippen LogP) is -1.29. The van der Waals surface area contributed by atoms with Crippen molar-refractivity contribution in [2.45, 2.75) is 6.04 Å². The highest BCUT2D eigenvalue weighted by Gasteiger charge is 2.08. The van der Waals surface area contributed by atoms with Gasteiger partial charge in [0.05, 0.1) is 6.61 Å². The molecule has 0 aliphatic heterocycles. The Morgan fingerprint density at radius 3 is 2.29 bits per heavy atom. The number of carboxylic acids is 1. The van der Waals surface area contributed by atoms with Gasteiger partial charge in [0.1, 0.15) is 6.04 Å². The topological polar surface area (TPSA) is 81.3 Å². The molecule has 0 fully saturated rings. The van der Waals surface area contributed by atoms with Gasteiger partial charge < -0.3 is 10.2 Å². The monoisotopic (exact) mass is 104 g/mol. The zero-order chi connectivity index (χ0) is 5.86. The largest absolute Gasteiger partial charge is 0.480 e. The van der Waals surface area contributed by atoms with Gasteiger partial charge in [0.25, 0.3) is 0 Å². The summed E-state index contributed by atoms with van der Waals surface area (Å²) in [6.45, 7) is -0.616. The molecule has 0 aromatic heterocycles. The summed E-state index contributed by atoms with van der Waals surface area (Å²) in [5, 5.41) is 15.8. The number of carbonyl (C=O) groups is 1. The van der Waals surface area contributed by atoms with Crippen LogP contribution < -0.4 is 5.73 Å². The number of aliphatic hydroxyl groups is 1. The molecule has 0 saturated carbocycles. The molecular formula is C3H6NO3. The maximum atomic E-state index is 9.58. The third-order valence-electron chi connectivity index (χ3n) is 0.481. The van der Waals surface area contributed by atoms with Crippen molar-refractivity contribution in [3.05, 3.63) is 0 Å². The minimum absolute atomic E-state index is 0.616. The molecule has 4 heteroatoms. The Bertz CT molecular complexity index is 72.6. The molecule has 41 valence electrons. The fourth-order valence-electron chi connectivity index (χ4n) is 0.0781. The molecule has 3 N–H and O–H groups in total. The second kappa shape index (κ2) is 2.54. The smallest absolute Gasteiger partial charge is 0.324 e. The summed E-state index contributed by atoms with van der Waals surface area (Å²) < 4.78 is 0. The normalized spacial score (nSPS) is 13.4. The molecule has 1 radical (unpaired) electrons. The van der Waals surface area contributed by atoms with E-state index in [0.29, 0.717) is 0 Å². The van der Waals surface area contributed by atoms with Gasteiger partial charge in [0.15, 0.2) is 0 Å². The lowest BCUT2D eigenvalue weighted by molar-refractivity contribution is -0.139. The van der Waals surface area contributed by atoms with Gasteiger partial charge in [-0.05, 0) is 0 Å². The predicted molar refractivity (Wildman–Crippen MR) is 21.6 cm³/mol. The van der Waals surface area contributed by atoms with Crippen LogP contribution in [0.15, 0.2) is 0 Å². The first kappa shape index (κ1) is 6.39. The molecule has 0 aliphatic carbocycles. The lowest BCUT2D eigenvalue weighted by atomic mass is 10.3. The number of hydrogen-bond donors (Lipinski definition) is 2. The first-order valence-corrected chi connectivity index (χ1v) is 1.73. The minimum Gasteiger partial charge on any atom is -0.480 e. The van der Waals surface area contributed by atoms with Crippen LogP contribution >= 0.6 is 0 Å². The summed E-state index contributed by atoms with van der Waals surface area (Å²) in [4.78, 5) is 9.58. The highest BCUT2D eigenvalue weighted by atomic mass is 16.4. The summed E-state index contributed by atoms with van der Waals surface area (Å²) in [7, 11) is 0. The Balaban J connectivity index is 3.34. The van der Waals surface area contributed by atoms with Crippen LogP contribution in [0.4, 0.5) is 0 Å². The SMILES string of the molecule is [NH]C(CO)C(=O)O. The number of nitrogens with one attached hydrogen (secondary N) is 1. The fraction of sp³-hybridized carbons (Fsp3) is 0.667. The number of carboxylic acid groups (broad SMARTS) is 1. The van der Waals surface area contributed by atoms with E-state index in [4.69, 9.17) is 15.9 Å². The van der Waals surface area contributed by atoms with Gasteiger partial charge in [-0.1, -0.05) is 0 Å². The van der Waals surface area contributed by atoms with Crippen LogP contribution in [0.2, 0.25) is 0 Å². The molecular weight excluding hydrogens is 98.0 g/mol. The second-order valence-electron chi connectivity index (χ2n) is 1.07. The van der Waals surface area contributed by atoms with E-state index in [1.807, 2.05) is 0 Å². The van der Waals surface area contributed by atoms with E-state index in [1.165, 1.54) is 0 Å². The highest BCUT2D eigenvalue weighted by Crippen LogP contribution is 1.74. The molecule has 0 aliphatic rings. The molecule has 0 rings (SSSR count). The van der Waals surface area contributed by atoms with Crippen molar-refractivity contribution < 1.29 is 15.0 Å². The van der Waals surface area contributed by atoms with Crippen molar-refractivity contribution in [2.24, 2.45) is 0 Å². The van der Waals surface area contributed by atoms with Gasteiger partial charge in [-0.25, -0.2) is 5.73 Å². The van der Waals surface area contributed by atoms with Crippen molar-refractivity contribution in [2.75, 3.05) is 6.61 Å². The van der Waals surface area contributed by atoms with E-state index in [2.05, 4.69) is 0 Å². The zero-order valence-electron chi connectivity index (χ0n) is 3.59. The van der Waals surface area contributed by atoms with Crippen molar-refractivity contribution in [3.63, 3.8) is 0 Å². The average Bonchev–Trinajstić information content (AvgIpc) is 1.65. The minimum atomic E-state index is -1.38. The summed E-state index contributed by atoms with van der Waals surface area (Å²) in [5.74, 6) is -1.29. The summed E-state index contributed by atoms with van der Waals surface area (Å²) in [5.41, 5.74) is 6.43. The first-order valence-electron chi connectivity index (χ1n) is 1.73. The number of hydrogen-bond acceptors (Lipinski definition) is 2. The van der Waals surface area contributed by atoms with Gasteiger partial charge in [-0.2, -0.15) is 0 Å². The molecule has 4 nitrogen and oxygen atoms in total. The van der Waals surface area contributed by atoms with Gasteiger partial charge >= 0.3 is 5.97 Å². The average molecular weight is 104 g/mol. The molecule has 7 heavy (non-hydrogen) atoms. The first-order chi connectivity index (χ1) is 3.18. The van der Waals surface area contributed by atoms with Crippen molar-refractivity contribution in [1.82, 2.24) is 5.73 Å². The lowest BCUT2D eigenvalue weighted by Crippen LogP contribution is -2.24. The zero-order valence-corrected chi connectivity index (χ0v) is 3.59. The number of rotatable bonds is 2. The molecule has 0 spiro atoms. The van der Waals surface area contributed by atoms with Crippen LogP contribution in [0.3, 0.4) is 0 Å². The van der Waals surface area contributed by atoms with E-state index in [-0.39, 0.29) is 0 Å². The van der Waals surface area contributed by atoms with E-state index in [0.717, 1.165) is 0 Å². The van der Waals surface area contributed by atoms with Gasteiger partial charge in [0.2, 0.25) is 0 Å². The summed E-state index contributed by atoms with van der Waals surface area (Å²) >= 11 is 0. The molecule has 0 aromatic carbocycles. The van der Waals surface area contributed by atoms with Gasteiger partial charge in [0, 0.05) is 0 Å². The van der Waals surface area contributed by atoms with E-state index < -0.39 is 18.6 Å². The van der Waals surface area contributed by atoms with Crippen LogP contribution in [0.1, 0.15) is 0 Å². The van der Waals surface area contributed by atoms with E-state index in [9.17, 15) is 4.79 Å². The van der Waals surface area contributed by atoms with Crippen molar-refractivity contribution in [3.8, 4) is 0 Å². The molecule has 0 amide bonds. The molecule has 0 saturated heterocycles. The summed E-state index contributed by atoms with van der Waals surface area (Å²) in [6.07, 6.45) is 0. The molecule has 1 atom stereocenters. The van der Waals surface area contributed by atoms with Crippen LogP contribution in [0, 0.1) is 0 Å². The molecule has 1 unspecified atom stereocenters. The Kier molecular flexibility index (Phi) is 2.32. The maximum Gasteiger partial charge on any atom is 0.324 e. The standard InChI is InChI=1S/C3H6NO3/c4-2(1-5)3(6)7/h2,4-5H,1H2,(H,6,7). The maximum absolute atomic E-state index is 9.58. The second-order valence-corrected chi connectivity index (χ2v) is 1.07. The van der Waals surface area contributed by atoms with Gasteiger partial charge in [-0.3, -0.25) is 4.79 Å². The number of aliphatic hydroxyl groups excluding tert-OH is 1. The quantitative estimate of drug-likeness (QED) is 0.457. The Morgan fingerprint density at radius 1 is 1.86 bits per heavy atom. The fourth-order valence-corrected chi connectivity index (χ4v) is 0.0781. The third-order valence-corrected chi connectivity index (χ3v) is 0.481. The molecule has 0 aromatic rings. The lowest BCUT2D eigenvalue weighted by Gasteiger charge is -1.95. The molecule has 0 heterocycles. The molecule has 0 bridgehead atoms. The van der Waals surface area contributed by atoms with E-state index in [1.54, 1.807) is 0 Å². The summed E-state index contributed by atoms with van der Waals surface area (Å²) in [6, 6.07) is -1.38. The van der Waals surface area contributed by atoms with Gasteiger partial charge in [-0.15, -0.1) is 0 Å². The number of aliphatic carboxylic acids is 1. The van der Waals surface area contributed by atoms with Crippen LogP contribution in [-0.4, -0.2) is 28.8 Å².